The minimum atomic E-state index is -4.29. The first-order valence-corrected chi connectivity index (χ1v) is 6.49. The molecule has 0 aliphatic carbocycles. The number of aromatic nitrogens is 1. The highest BCUT2D eigenvalue weighted by Crippen LogP contribution is 2.28. The second-order valence-corrected chi connectivity index (χ2v) is 4.87. The Morgan fingerprint density at radius 2 is 2.12 bits per heavy atom. The molecule has 0 fully saturated rings. The molecule has 16 heavy (non-hydrogen) atoms. The van der Waals surface area contributed by atoms with Gasteiger partial charge in [-0.25, -0.2) is 0 Å². The second kappa shape index (κ2) is 4.15. The van der Waals surface area contributed by atoms with Crippen molar-refractivity contribution in [3.63, 3.8) is 0 Å². The Kier molecular flexibility index (Phi) is 3.00. The summed E-state index contributed by atoms with van der Waals surface area (Å²) in [6.45, 7) is 0. The molecule has 0 unspecified atom stereocenters. The SMILES string of the molecule is O=S(=O)(O)c1cc(OI)cc2ncccc12. The summed E-state index contributed by atoms with van der Waals surface area (Å²) < 4.78 is 36.4. The third-order valence-electron chi connectivity index (χ3n) is 2.02. The molecule has 0 spiro atoms. The summed E-state index contributed by atoms with van der Waals surface area (Å²) in [7, 11) is -4.29. The number of pyridine rings is 1. The van der Waals surface area contributed by atoms with Gasteiger partial charge in [-0.15, -0.1) is 0 Å². The zero-order chi connectivity index (χ0) is 11.8. The highest BCUT2D eigenvalue weighted by molar-refractivity contribution is 14.1. The van der Waals surface area contributed by atoms with Crippen LogP contribution in [0.3, 0.4) is 0 Å². The summed E-state index contributed by atoms with van der Waals surface area (Å²) in [5, 5.41) is 0.363. The van der Waals surface area contributed by atoms with E-state index in [-0.39, 0.29) is 4.90 Å². The van der Waals surface area contributed by atoms with Crippen LogP contribution in [0.1, 0.15) is 0 Å². The first kappa shape index (κ1) is 11.6. The lowest BCUT2D eigenvalue weighted by Gasteiger charge is -2.05. The van der Waals surface area contributed by atoms with Gasteiger partial charge in [-0.1, -0.05) is 0 Å². The fraction of sp³-hybridized carbons (Fsp3) is 0. The monoisotopic (exact) mass is 351 g/mol. The maximum Gasteiger partial charge on any atom is 0.295 e. The lowest BCUT2D eigenvalue weighted by molar-refractivity contribution is 0.483. The average Bonchev–Trinajstić information content (AvgIpc) is 2.26. The largest absolute Gasteiger partial charge is 0.428 e. The fourth-order valence-corrected chi connectivity index (χ4v) is 2.35. The maximum atomic E-state index is 11.2. The van der Waals surface area contributed by atoms with Crippen LogP contribution in [0.25, 0.3) is 10.9 Å². The van der Waals surface area contributed by atoms with Crippen LogP contribution in [0, 0.1) is 0 Å². The van der Waals surface area contributed by atoms with Crippen LogP contribution in [0.2, 0.25) is 0 Å². The van der Waals surface area contributed by atoms with E-state index in [4.69, 9.17) is 7.62 Å². The molecule has 5 nitrogen and oxygen atoms in total. The second-order valence-electron chi connectivity index (χ2n) is 3.04. The van der Waals surface area contributed by atoms with E-state index < -0.39 is 10.1 Å². The molecule has 1 aromatic carbocycles. The minimum Gasteiger partial charge on any atom is -0.428 e. The van der Waals surface area contributed by atoms with Crippen molar-refractivity contribution in [3.05, 3.63) is 30.5 Å². The van der Waals surface area contributed by atoms with Gasteiger partial charge in [-0.2, -0.15) is 8.42 Å². The maximum absolute atomic E-state index is 11.2. The van der Waals surface area contributed by atoms with Gasteiger partial charge in [0, 0.05) is 23.7 Å². The molecule has 0 aliphatic heterocycles. The van der Waals surface area contributed by atoms with Crippen molar-refractivity contribution in [2.45, 2.75) is 4.90 Å². The molecule has 0 atom stereocenters. The van der Waals surface area contributed by atoms with Crippen LogP contribution in [-0.2, 0) is 10.1 Å². The van der Waals surface area contributed by atoms with Gasteiger partial charge in [0.1, 0.15) is 10.6 Å². The molecule has 7 heteroatoms. The third-order valence-corrected chi connectivity index (χ3v) is 3.43. The third kappa shape index (κ3) is 2.11. The van der Waals surface area contributed by atoms with Crippen LogP contribution >= 0.6 is 23.0 Å². The van der Waals surface area contributed by atoms with E-state index in [1.54, 1.807) is 41.2 Å². The Morgan fingerprint density at radius 1 is 1.38 bits per heavy atom. The Hall–Kier alpha value is -0.930. The predicted octanol–water partition coefficient (Wildman–Crippen LogP) is 2.21. The van der Waals surface area contributed by atoms with Crippen LogP contribution < -0.4 is 3.07 Å². The molecule has 1 heterocycles. The lowest BCUT2D eigenvalue weighted by Crippen LogP contribution is -2.00. The Bertz CT molecular complexity index is 641. The van der Waals surface area contributed by atoms with Crippen molar-refractivity contribution >= 4 is 44.0 Å². The molecule has 1 N–H and O–H groups in total. The van der Waals surface area contributed by atoms with E-state index >= 15 is 0 Å². The molecule has 0 saturated carbocycles. The Balaban J connectivity index is 2.90. The fourth-order valence-electron chi connectivity index (χ4n) is 1.38. The highest BCUT2D eigenvalue weighted by Gasteiger charge is 2.16. The van der Waals surface area contributed by atoms with E-state index in [0.717, 1.165) is 0 Å². The molecule has 0 bridgehead atoms. The van der Waals surface area contributed by atoms with Gasteiger partial charge in [-0.05, 0) is 12.1 Å². The smallest absolute Gasteiger partial charge is 0.295 e. The number of halogens is 1. The van der Waals surface area contributed by atoms with Gasteiger partial charge >= 0.3 is 0 Å². The minimum absolute atomic E-state index is 0.204. The number of nitrogens with zero attached hydrogens (tertiary/aromatic N) is 1. The predicted molar refractivity (Wildman–Crippen MR) is 66.2 cm³/mol. The van der Waals surface area contributed by atoms with Crippen LogP contribution in [0.15, 0.2) is 35.4 Å². The van der Waals surface area contributed by atoms with Crippen molar-refractivity contribution in [3.8, 4) is 5.75 Å². The van der Waals surface area contributed by atoms with Crippen LogP contribution in [0.4, 0.5) is 0 Å². The summed E-state index contributed by atoms with van der Waals surface area (Å²) in [4.78, 5) is 3.80. The van der Waals surface area contributed by atoms with E-state index in [1.807, 2.05) is 0 Å². The Labute approximate surface area is 106 Å². The van der Waals surface area contributed by atoms with Crippen molar-refractivity contribution in [2.75, 3.05) is 0 Å². The zero-order valence-electron chi connectivity index (χ0n) is 7.79. The topological polar surface area (TPSA) is 76.5 Å². The van der Waals surface area contributed by atoms with Gasteiger partial charge in [0.2, 0.25) is 0 Å². The van der Waals surface area contributed by atoms with E-state index in [2.05, 4.69) is 4.98 Å². The molecule has 2 rings (SSSR count). The van der Waals surface area contributed by atoms with Gasteiger partial charge < -0.3 is 3.07 Å². The van der Waals surface area contributed by atoms with E-state index in [9.17, 15) is 8.42 Å². The Morgan fingerprint density at radius 3 is 2.75 bits per heavy atom. The summed E-state index contributed by atoms with van der Waals surface area (Å²) in [6, 6.07) is 6.02. The van der Waals surface area contributed by atoms with Crippen molar-refractivity contribution < 1.29 is 16.0 Å². The number of rotatable bonds is 2. The van der Waals surface area contributed by atoms with Gasteiger partial charge in [0.15, 0.2) is 23.0 Å². The molecule has 0 aliphatic rings. The van der Waals surface area contributed by atoms with Gasteiger partial charge in [0.05, 0.1) is 5.52 Å². The van der Waals surface area contributed by atoms with Gasteiger partial charge in [-0.3, -0.25) is 9.54 Å². The molecule has 1 aromatic heterocycles. The average molecular weight is 351 g/mol. The molecule has 84 valence electrons. The highest BCUT2D eigenvalue weighted by atomic mass is 127. The first-order chi connectivity index (χ1) is 7.52. The number of benzene rings is 1. The summed E-state index contributed by atoms with van der Waals surface area (Å²) in [5.41, 5.74) is 0.448. The molecule has 2 aromatic rings. The normalized spacial score (nSPS) is 11.6. The van der Waals surface area contributed by atoms with Crippen molar-refractivity contribution in [2.24, 2.45) is 0 Å². The standard InChI is InChI=1S/C9H6INO4S/c10-15-6-4-8-7(2-1-3-11-8)9(5-6)16(12,13)14/h1-5H,(H,12,13,14). The number of hydrogen-bond donors (Lipinski definition) is 1. The van der Waals surface area contributed by atoms with Crippen LogP contribution in [-0.4, -0.2) is 18.0 Å². The quantitative estimate of drug-likeness (QED) is 0.663. The number of hydrogen-bond acceptors (Lipinski definition) is 4. The summed E-state index contributed by atoms with van der Waals surface area (Å²) in [5.74, 6) is 0.319. The van der Waals surface area contributed by atoms with E-state index in [1.165, 1.54) is 12.3 Å². The summed E-state index contributed by atoms with van der Waals surface area (Å²) in [6.07, 6.45) is 1.53. The summed E-state index contributed by atoms with van der Waals surface area (Å²) >= 11 is 1.63. The van der Waals surface area contributed by atoms with Gasteiger partial charge in [0.25, 0.3) is 10.1 Å². The van der Waals surface area contributed by atoms with Crippen molar-refractivity contribution in [1.29, 1.82) is 0 Å². The first-order valence-electron chi connectivity index (χ1n) is 4.17. The molecular weight excluding hydrogens is 345 g/mol. The zero-order valence-corrected chi connectivity index (χ0v) is 10.8. The number of fused-ring (bicyclic) bond motifs is 1. The molecular formula is C9H6INO4S. The molecule has 0 saturated heterocycles. The molecule has 0 radical (unpaired) electrons. The lowest BCUT2D eigenvalue weighted by atomic mass is 10.2. The van der Waals surface area contributed by atoms with Crippen LogP contribution in [0.5, 0.6) is 5.75 Å². The van der Waals surface area contributed by atoms with E-state index in [0.29, 0.717) is 16.7 Å². The van der Waals surface area contributed by atoms with Crippen molar-refractivity contribution in [1.82, 2.24) is 4.98 Å². The molecule has 0 amide bonds.